The van der Waals surface area contributed by atoms with E-state index in [0.29, 0.717) is 11.3 Å². The molecule has 0 fully saturated rings. The average molecular weight is 279 g/mol. The quantitative estimate of drug-likeness (QED) is 0.656. The lowest BCUT2D eigenvalue weighted by molar-refractivity contribution is 0.415. The van der Waals surface area contributed by atoms with Crippen molar-refractivity contribution in [2.75, 3.05) is 7.11 Å². The molecular formula is C14H11F2NOS. The molecule has 0 spiro atoms. The van der Waals surface area contributed by atoms with E-state index in [1.807, 2.05) is 0 Å². The van der Waals surface area contributed by atoms with Crippen molar-refractivity contribution in [3.63, 3.8) is 0 Å². The Morgan fingerprint density at radius 3 is 2.16 bits per heavy atom. The predicted octanol–water partition coefficient (Wildman–Crippen LogP) is 4.31. The van der Waals surface area contributed by atoms with Crippen LogP contribution in [0.1, 0.15) is 0 Å². The zero-order valence-electron chi connectivity index (χ0n) is 10.1. The Morgan fingerprint density at radius 1 is 1.11 bits per heavy atom. The highest BCUT2D eigenvalue weighted by atomic mass is 32.1. The number of benzene rings is 2. The van der Waals surface area contributed by atoms with E-state index in [9.17, 15) is 8.78 Å². The van der Waals surface area contributed by atoms with Gasteiger partial charge in [-0.05, 0) is 42.0 Å². The van der Waals surface area contributed by atoms with Crippen LogP contribution in [0, 0.1) is 17.0 Å². The summed E-state index contributed by atoms with van der Waals surface area (Å²) in [6, 6.07) is 10.5. The first-order valence-corrected chi connectivity index (χ1v) is 5.67. The Hall–Kier alpha value is -2.10. The highest BCUT2D eigenvalue weighted by Gasteiger charge is 2.10. The van der Waals surface area contributed by atoms with Gasteiger partial charge in [-0.15, -0.1) is 0 Å². The summed E-state index contributed by atoms with van der Waals surface area (Å²) in [5.74, 6) is -0.582. The highest BCUT2D eigenvalue weighted by molar-refractivity contribution is 7.78. The summed E-state index contributed by atoms with van der Waals surface area (Å²) >= 11 is 3.81. The van der Waals surface area contributed by atoms with Crippen molar-refractivity contribution >= 4 is 17.4 Å². The van der Waals surface area contributed by atoms with E-state index in [1.54, 1.807) is 29.4 Å². The third-order valence-corrected chi connectivity index (χ3v) is 2.32. The Kier molecular flexibility index (Phi) is 5.79. The summed E-state index contributed by atoms with van der Waals surface area (Å²) in [6.45, 7) is 0. The lowest BCUT2D eigenvalue weighted by Crippen LogP contribution is -1.90. The van der Waals surface area contributed by atoms with Gasteiger partial charge < -0.3 is 4.74 Å². The summed E-state index contributed by atoms with van der Waals surface area (Å²) in [5, 5.41) is 7.36. The maximum Gasteiger partial charge on any atom is 0.133 e. The van der Waals surface area contributed by atoms with Crippen LogP contribution in [-0.2, 0) is 0 Å². The molecule has 0 saturated heterocycles. The maximum absolute atomic E-state index is 13.5. The Bertz CT molecular complexity index is 575. The normalized spacial score (nSPS) is 9.00. The van der Waals surface area contributed by atoms with Gasteiger partial charge >= 0.3 is 0 Å². The molecule has 98 valence electrons. The van der Waals surface area contributed by atoms with Gasteiger partial charge in [0, 0.05) is 0 Å². The van der Waals surface area contributed by atoms with Gasteiger partial charge in [0.2, 0.25) is 0 Å². The molecule has 0 atom stereocenters. The highest BCUT2D eigenvalue weighted by Crippen LogP contribution is 2.28. The molecule has 0 unspecified atom stereocenters. The van der Waals surface area contributed by atoms with Crippen molar-refractivity contribution in [1.82, 2.24) is 0 Å². The van der Waals surface area contributed by atoms with E-state index in [4.69, 9.17) is 10.1 Å². The molecule has 1 N–H and O–H groups in total. The third-order valence-electron chi connectivity index (χ3n) is 2.32. The Balaban J connectivity index is 0.000000550. The molecule has 0 radical (unpaired) electrons. The fraction of sp³-hybridized carbons (Fsp3) is 0.0714. The minimum Gasteiger partial charge on any atom is -0.497 e. The second-order valence-corrected chi connectivity index (χ2v) is 3.63. The number of halogens is 2. The smallest absolute Gasteiger partial charge is 0.133 e. The lowest BCUT2D eigenvalue weighted by atomic mass is 10.0. The van der Waals surface area contributed by atoms with Crippen molar-refractivity contribution in [2.24, 2.45) is 0 Å². The average Bonchev–Trinajstić information content (AvgIpc) is 2.40. The summed E-state index contributed by atoms with van der Waals surface area (Å²) in [6.07, 6.45) is 0. The predicted molar refractivity (Wildman–Crippen MR) is 73.7 cm³/mol. The molecule has 0 aliphatic heterocycles. The molecule has 2 aromatic carbocycles. The summed E-state index contributed by atoms with van der Waals surface area (Å²) in [7, 11) is 1.51. The molecular weight excluding hydrogens is 268 g/mol. The van der Waals surface area contributed by atoms with E-state index in [-0.39, 0.29) is 5.56 Å². The molecule has 0 aliphatic rings. The first-order valence-electron chi connectivity index (χ1n) is 5.26. The van der Waals surface area contributed by atoms with Gasteiger partial charge in [0.1, 0.15) is 17.4 Å². The number of hydrogen-bond acceptors (Lipinski definition) is 3. The van der Waals surface area contributed by atoms with E-state index in [1.165, 1.54) is 25.3 Å². The molecule has 0 saturated carbocycles. The number of methoxy groups -OCH3 is 1. The van der Waals surface area contributed by atoms with Crippen molar-refractivity contribution in [3.05, 3.63) is 54.1 Å². The van der Waals surface area contributed by atoms with Crippen molar-refractivity contribution in [1.29, 1.82) is 5.41 Å². The molecule has 2 nitrogen and oxygen atoms in total. The van der Waals surface area contributed by atoms with Crippen LogP contribution in [0.2, 0.25) is 0 Å². The van der Waals surface area contributed by atoms with Gasteiger partial charge in [0.05, 0.1) is 17.8 Å². The van der Waals surface area contributed by atoms with Gasteiger partial charge in [0.15, 0.2) is 0 Å². The van der Waals surface area contributed by atoms with Crippen LogP contribution in [0.25, 0.3) is 11.1 Å². The second kappa shape index (κ2) is 7.36. The van der Waals surface area contributed by atoms with Crippen LogP contribution in [0.4, 0.5) is 8.78 Å². The minimum absolute atomic E-state index is 0.0265. The van der Waals surface area contributed by atoms with Crippen LogP contribution in [0.15, 0.2) is 42.5 Å². The van der Waals surface area contributed by atoms with Gasteiger partial charge in [-0.2, -0.15) is 0 Å². The van der Waals surface area contributed by atoms with Crippen molar-refractivity contribution < 1.29 is 13.5 Å². The summed E-state index contributed by atoms with van der Waals surface area (Å²) in [5.41, 5.74) is 0.441. The topological polar surface area (TPSA) is 33.1 Å². The molecule has 0 aromatic heterocycles. The van der Waals surface area contributed by atoms with Gasteiger partial charge in [-0.25, -0.2) is 14.2 Å². The fourth-order valence-corrected chi connectivity index (χ4v) is 1.55. The standard InChI is InChI=1S/C13H10F2O.CHNS/c1-16-10-5-2-4-9(8-10)13-11(14)6-3-7-12(13)15;2-1-3/h2-8H,1H3;2H. The molecule has 5 heteroatoms. The van der Waals surface area contributed by atoms with E-state index in [0.717, 1.165) is 0 Å². The number of ether oxygens (including phenoxy) is 1. The fourth-order valence-electron chi connectivity index (χ4n) is 1.55. The lowest BCUT2D eigenvalue weighted by Gasteiger charge is -2.06. The van der Waals surface area contributed by atoms with Crippen molar-refractivity contribution in [2.45, 2.75) is 0 Å². The molecule has 0 amide bonds. The molecule has 0 aliphatic carbocycles. The molecule has 2 rings (SSSR count). The van der Waals surface area contributed by atoms with Gasteiger partial charge in [-0.3, -0.25) is 0 Å². The van der Waals surface area contributed by atoms with Crippen LogP contribution >= 0.6 is 12.2 Å². The van der Waals surface area contributed by atoms with Crippen LogP contribution < -0.4 is 4.74 Å². The monoisotopic (exact) mass is 279 g/mol. The molecule has 0 bridgehead atoms. The third kappa shape index (κ3) is 3.95. The zero-order valence-corrected chi connectivity index (χ0v) is 10.9. The number of rotatable bonds is 2. The number of thiocarbonyl (C=S) groups is 1. The number of hydrogen-bond donors (Lipinski definition) is 1. The molecule has 2 aromatic rings. The Morgan fingerprint density at radius 2 is 1.63 bits per heavy atom. The summed E-state index contributed by atoms with van der Waals surface area (Å²) in [4.78, 5) is 0. The first-order chi connectivity index (χ1) is 9.13. The number of isothiocyanates is 1. The largest absolute Gasteiger partial charge is 0.497 e. The maximum atomic E-state index is 13.5. The van der Waals surface area contributed by atoms with Crippen LogP contribution in [0.3, 0.4) is 0 Å². The van der Waals surface area contributed by atoms with Crippen LogP contribution in [0.5, 0.6) is 5.75 Å². The van der Waals surface area contributed by atoms with Gasteiger partial charge in [0.25, 0.3) is 0 Å². The van der Waals surface area contributed by atoms with Crippen LogP contribution in [-0.4, -0.2) is 12.3 Å². The zero-order chi connectivity index (χ0) is 14.3. The summed E-state index contributed by atoms with van der Waals surface area (Å²) < 4.78 is 32.0. The van der Waals surface area contributed by atoms with E-state index in [2.05, 4.69) is 12.2 Å². The molecule has 19 heavy (non-hydrogen) atoms. The van der Waals surface area contributed by atoms with Gasteiger partial charge in [-0.1, -0.05) is 18.2 Å². The number of nitrogens with one attached hydrogen (secondary N) is 1. The van der Waals surface area contributed by atoms with E-state index >= 15 is 0 Å². The second-order valence-electron chi connectivity index (χ2n) is 3.43. The molecule has 0 heterocycles. The SMILES string of the molecule is COc1cccc(-c2c(F)cccc2F)c1.N=C=S. The first kappa shape index (κ1) is 15.0. The van der Waals surface area contributed by atoms with E-state index < -0.39 is 11.6 Å². The van der Waals surface area contributed by atoms with Crippen molar-refractivity contribution in [3.8, 4) is 16.9 Å². The minimum atomic E-state index is -0.576. The Labute approximate surface area is 115 Å².